The zero-order chi connectivity index (χ0) is 10.7. The van der Waals surface area contributed by atoms with Gasteiger partial charge in [-0.3, -0.25) is 0 Å². The molecule has 14 heavy (non-hydrogen) atoms. The largest absolute Gasteiger partial charge is 0.505 e. The SMILES string of the molecule is NCC(CO)c1cc(F)cc(F)c1O. The average molecular weight is 203 g/mol. The molecule has 0 bridgehead atoms. The van der Waals surface area contributed by atoms with Crippen LogP contribution in [0.3, 0.4) is 0 Å². The third kappa shape index (κ3) is 2.00. The van der Waals surface area contributed by atoms with Crippen LogP contribution in [0, 0.1) is 11.6 Å². The molecule has 4 N–H and O–H groups in total. The monoisotopic (exact) mass is 203 g/mol. The van der Waals surface area contributed by atoms with E-state index in [0.717, 1.165) is 6.07 Å². The van der Waals surface area contributed by atoms with Gasteiger partial charge in [-0.15, -0.1) is 0 Å². The van der Waals surface area contributed by atoms with Crippen molar-refractivity contribution in [3.8, 4) is 5.75 Å². The molecule has 1 atom stereocenters. The van der Waals surface area contributed by atoms with Crippen LogP contribution < -0.4 is 5.73 Å². The van der Waals surface area contributed by atoms with Crippen molar-refractivity contribution in [2.24, 2.45) is 5.73 Å². The van der Waals surface area contributed by atoms with E-state index in [-0.39, 0.29) is 18.7 Å². The van der Waals surface area contributed by atoms with Crippen molar-refractivity contribution in [2.45, 2.75) is 5.92 Å². The summed E-state index contributed by atoms with van der Waals surface area (Å²) in [6.07, 6.45) is 0. The molecular formula is C9H11F2NO2. The number of hydrogen-bond donors (Lipinski definition) is 3. The predicted molar refractivity (Wildman–Crippen MR) is 46.9 cm³/mol. The van der Waals surface area contributed by atoms with Crippen molar-refractivity contribution >= 4 is 0 Å². The highest BCUT2D eigenvalue weighted by Gasteiger charge is 2.17. The Morgan fingerprint density at radius 3 is 2.50 bits per heavy atom. The normalized spacial score (nSPS) is 12.9. The number of phenolic OH excluding ortho intramolecular Hbond substituents is 1. The minimum Gasteiger partial charge on any atom is -0.505 e. The quantitative estimate of drug-likeness (QED) is 0.677. The molecule has 0 amide bonds. The van der Waals surface area contributed by atoms with Crippen LogP contribution in [-0.4, -0.2) is 23.4 Å². The highest BCUT2D eigenvalue weighted by atomic mass is 19.1. The zero-order valence-electron chi connectivity index (χ0n) is 7.37. The first-order chi connectivity index (χ1) is 6.60. The van der Waals surface area contributed by atoms with Gasteiger partial charge in [0, 0.05) is 24.1 Å². The second-order valence-electron chi connectivity index (χ2n) is 2.94. The van der Waals surface area contributed by atoms with Crippen LogP contribution in [0.25, 0.3) is 0 Å². The van der Waals surface area contributed by atoms with E-state index in [1.54, 1.807) is 0 Å². The molecule has 0 saturated carbocycles. The summed E-state index contributed by atoms with van der Waals surface area (Å²) < 4.78 is 25.6. The van der Waals surface area contributed by atoms with Crippen molar-refractivity contribution in [2.75, 3.05) is 13.2 Å². The standard InChI is InChI=1S/C9H11F2NO2/c10-6-1-7(5(3-12)4-13)9(14)8(11)2-6/h1-2,5,13-14H,3-4,12H2. The molecule has 1 rings (SSSR count). The highest BCUT2D eigenvalue weighted by Crippen LogP contribution is 2.28. The Balaban J connectivity index is 3.18. The average Bonchev–Trinajstić information content (AvgIpc) is 2.15. The maximum atomic E-state index is 12.9. The minimum absolute atomic E-state index is 0.00690. The van der Waals surface area contributed by atoms with Gasteiger partial charge < -0.3 is 15.9 Å². The Hall–Kier alpha value is -1.20. The van der Waals surface area contributed by atoms with E-state index in [2.05, 4.69) is 0 Å². The molecule has 0 spiro atoms. The number of aliphatic hydroxyl groups excluding tert-OH is 1. The first-order valence-corrected chi connectivity index (χ1v) is 4.09. The van der Waals surface area contributed by atoms with Gasteiger partial charge >= 0.3 is 0 Å². The van der Waals surface area contributed by atoms with Crippen LogP contribution in [-0.2, 0) is 0 Å². The third-order valence-electron chi connectivity index (χ3n) is 2.00. The molecule has 0 heterocycles. The molecule has 3 nitrogen and oxygen atoms in total. The van der Waals surface area contributed by atoms with Crippen LogP contribution in [0.4, 0.5) is 8.78 Å². The number of nitrogens with two attached hydrogens (primary N) is 1. The Bertz CT molecular complexity index is 327. The molecule has 0 aliphatic heterocycles. The Morgan fingerprint density at radius 2 is 2.00 bits per heavy atom. The number of aliphatic hydroxyl groups is 1. The first kappa shape index (κ1) is 10.9. The molecule has 0 aliphatic carbocycles. The first-order valence-electron chi connectivity index (χ1n) is 4.09. The lowest BCUT2D eigenvalue weighted by molar-refractivity contribution is 0.263. The van der Waals surface area contributed by atoms with Crippen LogP contribution in [0.2, 0.25) is 0 Å². The number of benzene rings is 1. The lowest BCUT2D eigenvalue weighted by atomic mass is 9.99. The third-order valence-corrected chi connectivity index (χ3v) is 2.00. The zero-order valence-corrected chi connectivity index (χ0v) is 7.37. The summed E-state index contributed by atoms with van der Waals surface area (Å²) >= 11 is 0. The van der Waals surface area contributed by atoms with Gasteiger partial charge in [0.1, 0.15) is 5.82 Å². The van der Waals surface area contributed by atoms with Gasteiger partial charge in [0.05, 0.1) is 6.61 Å². The van der Waals surface area contributed by atoms with Crippen LogP contribution >= 0.6 is 0 Å². The molecule has 1 unspecified atom stereocenters. The highest BCUT2D eigenvalue weighted by molar-refractivity contribution is 5.37. The van der Waals surface area contributed by atoms with Crippen LogP contribution in [0.5, 0.6) is 5.75 Å². The summed E-state index contributed by atoms with van der Waals surface area (Å²) in [6, 6.07) is 1.54. The van der Waals surface area contributed by atoms with E-state index >= 15 is 0 Å². The maximum Gasteiger partial charge on any atom is 0.168 e. The molecule has 78 valence electrons. The molecule has 1 aromatic rings. The molecular weight excluding hydrogens is 192 g/mol. The molecule has 1 aromatic carbocycles. The summed E-state index contributed by atoms with van der Waals surface area (Å²) in [7, 11) is 0. The fourth-order valence-electron chi connectivity index (χ4n) is 1.20. The van der Waals surface area contributed by atoms with Gasteiger partial charge in [0.25, 0.3) is 0 Å². The summed E-state index contributed by atoms with van der Waals surface area (Å²) in [5.74, 6) is -3.16. The van der Waals surface area contributed by atoms with Crippen molar-refractivity contribution in [3.63, 3.8) is 0 Å². The molecule has 0 saturated heterocycles. The van der Waals surface area contributed by atoms with Gasteiger partial charge in [0.15, 0.2) is 11.6 Å². The summed E-state index contributed by atoms with van der Waals surface area (Å²) in [6.45, 7) is -0.361. The van der Waals surface area contributed by atoms with Gasteiger partial charge in [0.2, 0.25) is 0 Å². The summed E-state index contributed by atoms with van der Waals surface area (Å²) in [5.41, 5.74) is 5.26. The number of phenols is 1. The molecule has 0 aromatic heterocycles. The van der Waals surface area contributed by atoms with Crippen LogP contribution in [0.1, 0.15) is 11.5 Å². The van der Waals surface area contributed by atoms with E-state index in [1.165, 1.54) is 0 Å². The fraction of sp³-hybridized carbons (Fsp3) is 0.333. The lowest BCUT2D eigenvalue weighted by Gasteiger charge is -2.13. The molecule has 0 fully saturated rings. The van der Waals surface area contributed by atoms with Crippen molar-refractivity contribution in [1.29, 1.82) is 0 Å². The molecule has 0 aliphatic rings. The second kappa shape index (κ2) is 4.34. The van der Waals surface area contributed by atoms with E-state index in [9.17, 15) is 13.9 Å². The van der Waals surface area contributed by atoms with Crippen LogP contribution in [0.15, 0.2) is 12.1 Å². The summed E-state index contributed by atoms with van der Waals surface area (Å²) in [4.78, 5) is 0. The Kier molecular flexibility index (Phi) is 3.38. The van der Waals surface area contributed by atoms with Crippen molar-refractivity contribution < 1.29 is 19.0 Å². The van der Waals surface area contributed by atoms with E-state index < -0.39 is 23.3 Å². The number of halogens is 2. The van der Waals surface area contributed by atoms with E-state index in [1.807, 2.05) is 0 Å². The van der Waals surface area contributed by atoms with Crippen molar-refractivity contribution in [1.82, 2.24) is 0 Å². The van der Waals surface area contributed by atoms with Gasteiger partial charge in [-0.05, 0) is 6.07 Å². The Morgan fingerprint density at radius 1 is 1.36 bits per heavy atom. The lowest BCUT2D eigenvalue weighted by Crippen LogP contribution is -2.16. The topological polar surface area (TPSA) is 66.5 Å². The second-order valence-corrected chi connectivity index (χ2v) is 2.94. The van der Waals surface area contributed by atoms with Crippen molar-refractivity contribution in [3.05, 3.63) is 29.3 Å². The fourth-order valence-corrected chi connectivity index (χ4v) is 1.20. The molecule has 0 radical (unpaired) electrons. The predicted octanol–water partition coefficient (Wildman–Crippen LogP) is 0.705. The number of aromatic hydroxyl groups is 1. The van der Waals surface area contributed by atoms with Gasteiger partial charge in [-0.2, -0.15) is 0 Å². The van der Waals surface area contributed by atoms with Gasteiger partial charge in [-0.1, -0.05) is 0 Å². The van der Waals surface area contributed by atoms with Gasteiger partial charge in [-0.25, -0.2) is 8.78 Å². The Labute approximate surface area is 79.8 Å². The summed E-state index contributed by atoms with van der Waals surface area (Å²) in [5, 5.41) is 18.1. The molecule has 5 heteroatoms. The number of rotatable bonds is 3. The number of hydrogen-bond acceptors (Lipinski definition) is 3. The van der Waals surface area contributed by atoms with E-state index in [4.69, 9.17) is 10.8 Å². The van der Waals surface area contributed by atoms with E-state index in [0.29, 0.717) is 6.07 Å². The minimum atomic E-state index is -1.05. The smallest absolute Gasteiger partial charge is 0.168 e. The maximum absolute atomic E-state index is 12.9.